The maximum Gasteiger partial charge on any atom is 1.00 e. The van der Waals surface area contributed by atoms with Crippen molar-refractivity contribution >= 4 is 5.97 Å². The van der Waals surface area contributed by atoms with Crippen molar-refractivity contribution in [3.63, 3.8) is 0 Å². The molecule has 0 bridgehead atoms. The summed E-state index contributed by atoms with van der Waals surface area (Å²) in [4.78, 5) is 13.7. The Hall–Kier alpha value is -0.420. The average Bonchev–Trinajstić information content (AvgIpc) is 2.05. The molecule has 1 aromatic rings. The second-order valence-corrected chi connectivity index (χ2v) is 1.98. The number of carbonyl (C=O) groups is 1. The molecule has 0 fully saturated rings. The first kappa shape index (κ1) is 11.6. The van der Waals surface area contributed by atoms with Crippen molar-refractivity contribution in [2.24, 2.45) is 0 Å². The van der Waals surface area contributed by atoms with E-state index in [1.807, 2.05) is 0 Å². The van der Waals surface area contributed by atoms with Gasteiger partial charge in [0, 0.05) is 6.20 Å². The van der Waals surface area contributed by atoms with Crippen molar-refractivity contribution in [3.05, 3.63) is 30.1 Å². The van der Waals surface area contributed by atoms with Gasteiger partial charge >= 0.3 is 29.6 Å². The number of rotatable bonds is 2. The summed E-state index contributed by atoms with van der Waals surface area (Å²) < 4.78 is 0. The number of aliphatic hydroxyl groups is 1. The second kappa shape index (κ2) is 5.27. The Morgan fingerprint density at radius 2 is 2.25 bits per heavy atom. The monoisotopic (exact) mass is 175 g/mol. The third-order valence-corrected chi connectivity index (χ3v) is 1.19. The molecule has 1 N–H and O–H groups in total. The van der Waals surface area contributed by atoms with E-state index in [0.29, 0.717) is 0 Å². The molecule has 0 aromatic carbocycles. The summed E-state index contributed by atoms with van der Waals surface area (Å²) in [5, 5.41) is 19.0. The van der Waals surface area contributed by atoms with E-state index in [0.717, 1.165) is 0 Å². The SMILES string of the molecule is O=C([O-])C(O)c1ccccn1.[Na+]. The molecule has 0 spiro atoms. The zero-order valence-corrected chi connectivity index (χ0v) is 8.60. The van der Waals surface area contributed by atoms with E-state index >= 15 is 0 Å². The van der Waals surface area contributed by atoms with Gasteiger partial charge in [0.1, 0.15) is 6.10 Å². The van der Waals surface area contributed by atoms with E-state index in [1.165, 1.54) is 12.3 Å². The zero-order valence-electron chi connectivity index (χ0n) is 6.60. The molecule has 5 heteroatoms. The van der Waals surface area contributed by atoms with Crippen LogP contribution in [0.5, 0.6) is 0 Å². The molecule has 1 heterocycles. The van der Waals surface area contributed by atoms with Crippen molar-refractivity contribution in [1.29, 1.82) is 0 Å². The minimum atomic E-state index is -1.63. The van der Waals surface area contributed by atoms with Crippen LogP contribution in [0.3, 0.4) is 0 Å². The van der Waals surface area contributed by atoms with Crippen molar-refractivity contribution in [2.45, 2.75) is 6.10 Å². The van der Waals surface area contributed by atoms with Gasteiger partial charge in [-0.25, -0.2) is 0 Å². The van der Waals surface area contributed by atoms with Gasteiger partial charge in [-0.3, -0.25) is 4.98 Å². The first-order valence-electron chi connectivity index (χ1n) is 3.01. The number of pyridine rings is 1. The van der Waals surface area contributed by atoms with Crippen molar-refractivity contribution in [3.8, 4) is 0 Å². The van der Waals surface area contributed by atoms with Crippen LogP contribution in [0.1, 0.15) is 11.8 Å². The van der Waals surface area contributed by atoms with Gasteiger partial charge in [0.2, 0.25) is 0 Å². The van der Waals surface area contributed by atoms with Gasteiger partial charge in [-0.15, -0.1) is 0 Å². The maximum atomic E-state index is 10.1. The summed E-state index contributed by atoms with van der Waals surface area (Å²) in [6, 6.07) is 4.64. The number of aliphatic hydroxyl groups excluding tert-OH is 1. The molecule has 0 saturated heterocycles. The van der Waals surface area contributed by atoms with Crippen LogP contribution in [0.4, 0.5) is 0 Å². The van der Waals surface area contributed by atoms with E-state index in [1.54, 1.807) is 12.1 Å². The Balaban J connectivity index is 0.00000121. The number of hydrogen-bond donors (Lipinski definition) is 1. The van der Waals surface area contributed by atoms with Crippen molar-refractivity contribution in [2.75, 3.05) is 0 Å². The summed E-state index contributed by atoms with van der Waals surface area (Å²) in [5.41, 5.74) is 0.0903. The van der Waals surface area contributed by atoms with Crippen LogP contribution in [0.15, 0.2) is 24.4 Å². The quantitative estimate of drug-likeness (QED) is 0.463. The number of carbonyl (C=O) groups excluding carboxylic acids is 1. The van der Waals surface area contributed by atoms with E-state index < -0.39 is 12.1 Å². The zero-order chi connectivity index (χ0) is 8.27. The molecule has 1 rings (SSSR count). The second-order valence-electron chi connectivity index (χ2n) is 1.98. The molecule has 0 saturated carbocycles. The number of nitrogens with zero attached hydrogens (tertiary/aromatic N) is 1. The van der Waals surface area contributed by atoms with Gasteiger partial charge in [-0.05, 0) is 12.1 Å². The van der Waals surface area contributed by atoms with E-state index in [9.17, 15) is 9.90 Å². The molecular weight excluding hydrogens is 169 g/mol. The fourth-order valence-electron chi connectivity index (χ4n) is 0.658. The Morgan fingerprint density at radius 3 is 2.67 bits per heavy atom. The van der Waals surface area contributed by atoms with E-state index in [-0.39, 0.29) is 35.3 Å². The largest absolute Gasteiger partial charge is 1.00 e. The summed E-state index contributed by atoms with van der Waals surface area (Å²) in [6.45, 7) is 0. The van der Waals surface area contributed by atoms with Crippen LogP contribution in [0.2, 0.25) is 0 Å². The molecule has 0 aliphatic heterocycles. The predicted molar refractivity (Wildman–Crippen MR) is 34.2 cm³/mol. The van der Waals surface area contributed by atoms with Crippen LogP contribution >= 0.6 is 0 Å². The molecule has 1 atom stereocenters. The van der Waals surface area contributed by atoms with Gasteiger partial charge < -0.3 is 15.0 Å². The summed E-state index contributed by atoms with van der Waals surface area (Å²) in [7, 11) is 0. The van der Waals surface area contributed by atoms with Crippen LogP contribution < -0.4 is 34.7 Å². The van der Waals surface area contributed by atoms with Gasteiger partial charge in [0.15, 0.2) is 0 Å². The molecule has 0 amide bonds. The number of carboxylic acids is 1. The van der Waals surface area contributed by atoms with E-state index in [2.05, 4.69) is 4.98 Å². The summed E-state index contributed by atoms with van der Waals surface area (Å²) >= 11 is 0. The number of carboxylic acid groups (broad SMARTS) is 1. The third-order valence-electron chi connectivity index (χ3n) is 1.19. The first-order chi connectivity index (χ1) is 5.22. The van der Waals surface area contributed by atoms with Crippen LogP contribution in [0.25, 0.3) is 0 Å². The number of aliphatic carboxylic acids is 1. The molecule has 1 aromatic heterocycles. The standard InChI is InChI=1S/C7H7NO3.Na/c9-6(7(10)11)5-3-1-2-4-8-5;/h1-4,6,9H,(H,10,11);/q;+1/p-1. The van der Waals surface area contributed by atoms with Crippen LogP contribution in [-0.4, -0.2) is 16.1 Å². The van der Waals surface area contributed by atoms with Gasteiger partial charge in [0.05, 0.1) is 11.7 Å². The fourth-order valence-corrected chi connectivity index (χ4v) is 0.658. The third kappa shape index (κ3) is 2.91. The van der Waals surface area contributed by atoms with Crippen molar-refractivity contribution < 1.29 is 44.6 Å². The summed E-state index contributed by atoms with van der Waals surface area (Å²) in [6.07, 6.45) is -0.224. The van der Waals surface area contributed by atoms with Gasteiger partial charge in [0.25, 0.3) is 0 Å². The number of aromatic nitrogens is 1. The number of hydrogen-bond acceptors (Lipinski definition) is 4. The minimum Gasteiger partial charge on any atom is -0.547 e. The average molecular weight is 175 g/mol. The Bertz CT molecular complexity index is 252. The molecule has 12 heavy (non-hydrogen) atoms. The molecule has 0 aliphatic rings. The normalized spacial score (nSPS) is 11.4. The van der Waals surface area contributed by atoms with Gasteiger partial charge in [-0.1, -0.05) is 6.07 Å². The van der Waals surface area contributed by atoms with Gasteiger partial charge in [-0.2, -0.15) is 0 Å². The molecule has 58 valence electrons. The Morgan fingerprint density at radius 1 is 1.58 bits per heavy atom. The van der Waals surface area contributed by atoms with Crippen LogP contribution in [0, 0.1) is 0 Å². The van der Waals surface area contributed by atoms with E-state index in [4.69, 9.17) is 5.11 Å². The summed E-state index contributed by atoms with van der Waals surface area (Å²) in [5.74, 6) is -1.54. The Kier molecular flexibility index (Phi) is 5.08. The van der Waals surface area contributed by atoms with Crippen LogP contribution in [-0.2, 0) is 4.79 Å². The first-order valence-corrected chi connectivity index (χ1v) is 3.01. The molecule has 0 aliphatic carbocycles. The fraction of sp³-hybridized carbons (Fsp3) is 0.143. The van der Waals surface area contributed by atoms with Crippen molar-refractivity contribution in [1.82, 2.24) is 4.98 Å². The maximum absolute atomic E-state index is 10.1. The molecular formula is C7H6NNaO3. The molecule has 0 radical (unpaired) electrons. The minimum absolute atomic E-state index is 0. The topological polar surface area (TPSA) is 73.2 Å². The Labute approximate surface area is 91.5 Å². The smallest absolute Gasteiger partial charge is 0.547 e. The molecule has 1 unspecified atom stereocenters. The predicted octanol–water partition coefficient (Wildman–Crippen LogP) is -4.13. The molecule has 4 nitrogen and oxygen atoms in total.